The molecular formula is C14H18N6O3S. The average Bonchev–Trinajstić information content (AvgIpc) is 2.93. The van der Waals surface area contributed by atoms with E-state index in [0.29, 0.717) is 28.9 Å². The van der Waals surface area contributed by atoms with Gasteiger partial charge < -0.3 is 5.32 Å². The summed E-state index contributed by atoms with van der Waals surface area (Å²) >= 11 is 1.22. The van der Waals surface area contributed by atoms with Crippen LogP contribution in [0, 0.1) is 23.0 Å². The van der Waals surface area contributed by atoms with Gasteiger partial charge in [-0.3, -0.25) is 14.9 Å². The van der Waals surface area contributed by atoms with Crippen LogP contribution >= 0.6 is 11.8 Å². The summed E-state index contributed by atoms with van der Waals surface area (Å²) < 4.78 is 1.65. The molecular weight excluding hydrogens is 332 g/mol. The minimum Gasteiger partial charge on any atom is -0.325 e. The molecule has 0 atom stereocenters. The predicted molar refractivity (Wildman–Crippen MR) is 89.8 cm³/mol. The predicted octanol–water partition coefficient (Wildman–Crippen LogP) is 2.28. The Labute approximate surface area is 143 Å². The molecule has 2 aromatic rings. The van der Waals surface area contributed by atoms with Crippen molar-refractivity contribution in [1.82, 2.24) is 20.2 Å². The minimum absolute atomic E-state index is 0.0265. The third-order valence-corrected chi connectivity index (χ3v) is 4.02. The van der Waals surface area contributed by atoms with Crippen molar-refractivity contribution < 1.29 is 9.72 Å². The van der Waals surface area contributed by atoms with Crippen molar-refractivity contribution in [1.29, 1.82) is 0 Å². The summed E-state index contributed by atoms with van der Waals surface area (Å²) in [6.45, 7) is 6.41. The monoisotopic (exact) mass is 350 g/mol. The van der Waals surface area contributed by atoms with Crippen LogP contribution in [0.3, 0.4) is 0 Å². The fourth-order valence-electron chi connectivity index (χ4n) is 1.97. The van der Waals surface area contributed by atoms with Crippen molar-refractivity contribution in [2.75, 3.05) is 11.1 Å². The Bertz CT molecular complexity index is 746. The highest BCUT2D eigenvalue weighted by atomic mass is 32.2. The molecule has 24 heavy (non-hydrogen) atoms. The average molecular weight is 350 g/mol. The van der Waals surface area contributed by atoms with E-state index in [9.17, 15) is 14.9 Å². The van der Waals surface area contributed by atoms with Gasteiger partial charge in [0, 0.05) is 23.9 Å². The van der Waals surface area contributed by atoms with Gasteiger partial charge in [0.25, 0.3) is 5.69 Å². The topological polar surface area (TPSA) is 116 Å². The fraction of sp³-hybridized carbons (Fsp3) is 0.429. The van der Waals surface area contributed by atoms with E-state index in [1.165, 1.54) is 17.8 Å². The zero-order valence-electron chi connectivity index (χ0n) is 13.6. The molecule has 0 aliphatic heterocycles. The molecule has 1 amide bonds. The van der Waals surface area contributed by atoms with Crippen LogP contribution in [0.2, 0.25) is 0 Å². The summed E-state index contributed by atoms with van der Waals surface area (Å²) in [5, 5.41) is 25.5. The van der Waals surface area contributed by atoms with Crippen LogP contribution in [-0.2, 0) is 11.3 Å². The Balaban J connectivity index is 1.96. The first-order valence-electron chi connectivity index (χ1n) is 7.30. The van der Waals surface area contributed by atoms with Gasteiger partial charge in [-0.25, -0.2) is 4.68 Å². The number of anilines is 1. The van der Waals surface area contributed by atoms with Gasteiger partial charge in [0.2, 0.25) is 11.1 Å². The molecule has 0 bridgehead atoms. The number of aromatic nitrogens is 4. The Morgan fingerprint density at radius 3 is 2.88 bits per heavy atom. The van der Waals surface area contributed by atoms with Crippen LogP contribution in [0.15, 0.2) is 23.4 Å². The van der Waals surface area contributed by atoms with Crippen LogP contribution in [0.5, 0.6) is 0 Å². The number of carbonyl (C=O) groups excluding carboxylic acids is 1. The van der Waals surface area contributed by atoms with Crippen LogP contribution < -0.4 is 5.32 Å². The number of nitrogens with one attached hydrogen (secondary N) is 1. The second-order valence-corrected chi connectivity index (χ2v) is 6.58. The Kier molecular flexibility index (Phi) is 5.85. The molecule has 9 nitrogen and oxygen atoms in total. The van der Waals surface area contributed by atoms with Gasteiger partial charge in [-0.1, -0.05) is 31.7 Å². The molecule has 1 N–H and O–H groups in total. The van der Waals surface area contributed by atoms with Gasteiger partial charge in [0.1, 0.15) is 0 Å². The Morgan fingerprint density at radius 1 is 1.46 bits per heavy atom. The fourth-order valence-corrected chi connectivity index (χ4v) is 2.66. The minimum atomic E-state index is -0.472. The zero-order chi connectivity index (χ0) is 17.7. The van der Waals surface area contributed by atoms with E-state index in [4.69, 9.17) is 0 Å². The van der Waals surface area contributed by atoms with E-state index in [2.05, 4.69) is 20.8 Å². The first-order valence-corrected chi connectivity index (χ1v) is 8.29. The van der Waals surface area contributed by atoms with Crippen LogP contribution in [0.4, 0.5) is 11.4 Å². The highest BCUT2D eigenvalue weighted by Crippen LogP contribution is 2.23. The van der Waals surface area contributed by atoms with E-state index in [-0.39, 0.29) is 17.3 Å². The third-order valence-electron chi connectivity index (χ3n) is 3.06. The second kappa shape index (κ2) is 7.86. The number of nitro groups is 1. The van der Waals surface area contributed by atoms with Gasteiger partial charge >= 0.3 is 0 Å². The second-order valence-electron chi connectivity index (χ2n) is 5.63. The molecule has 0 aliphatic carbocycles. The number of nitro benzene ring substituents is 1. The molecule has 0 aliphatic rings. The lowest BCUT2D eigenvalue weighted by Gasteiger charge is -2.07. The summed E-state index contributed by atoms with van der Waals surface area (Å²) in [6, 6.07) is 4.58. The van der Waals surface area contributed by atoms with Gasteiger partial charge in [-0.05, 0) is 29.3 Å². The molecule has 1 aromatic carbocycles. The van der Waals surface area contributed by atoms with E-state index in [0.717, 1.165) is 0 Å². The van der Waals surface area contributed by atoms with Crippen molar-refractivity contribution >= 4 is 29.0 Å². The lowest BCUT2D eigenvalue weighted by Crippen LogP contribution is -2.15. The summed E-state index contributed by atoms with van der Waals surface area (Å²) in [4.78, 5) is 22.5. The number of tetrazole rings is 1. The molecule has 0 saturated heterocycles. The summed E-state index contributed by atoms with van der Waals surface area (Å²) in [6.07, 6.45) is 0. The number of carbonyl (C=O) groups is 1. The first kappa shape index (κ1) is 17.9. The smallest absolute Gasteiger partial charge is 0.274 e. The number of nitrogens with zero attached hydrogens (tertiary/aromatic N) is 5. The maximum atomic E-state index is 12.0. The Morgan fingerprint density at radius 2 is 2.21 bits per heavy atom. The quantitative estimate of drug-likeness (QED) is 0.462. The van der Waals surface area contributed by atoms with E-state index < -0.39 is 4.92 Å². The van der Waals surface area contributed by atoms with E-state index in [1.54, 1.807) is 23.7 Å². The SMILES string of the molecule is Cc1ccc(NC(=O)CSc2nnnn2CC(C)C)cc1[N+](=O)[O-]. The Hall–Kier alpha value is -2.49. The molecule has 0 fully saturated rings. The van der Waals surface area contributed by atoms with Crippen molar-refractivity contribution in [2.45, 2.75) is 32.5 Å². The molecule has 128 valence electrons. The molecule has 0 saturated carbocycles. The maximum Gasteiger partial charge on any atom is 0.274 e. The summed E-state index contributed by atoms with van der Waals surface area (Å²) in [5.41, 5.74) is 0.904. The highest BCUT2D eigenvalue weighted by molar-refractivity contribution is 7.99. The molecule has 2 rings (SSSR count). The number of rotatable bonds is 7. The largest absolute Gasteiger partial charge is 0.325 e. The maximum absolute atomic E-state index is 12.0. The van der Waals surface area contributed by atoms with Crippen LogP contribution in [0.1, 0.15) is 19.4 Å². The van der Waals surface area contributed by atoms with Crippen molar-refractivity contribution in [3.63, 3.8) is 0 Å². The molecule has 1 aromatic heterocycles. The van der Waals surface area contributed by atoms with Gasteiger partial charge in [0.15, 0.2) is 0 Å². The molecule has 0 radical (unpaired) electrons. The number of aryl methyl sites for hydroxylation is 1. The van der Waals surface area contributed by atoms with Gasteiger partial charge in [-0.15, -0.1) is 5.10 Å². The standard InChI is InChI=1S/C14H18N6O3S/c1-9(2)7-19-14(16-17-18-19)24-8-13(21)15-11-5-4-10(3)12(6-11)20(22)23/h4-6,9H,7-8H2,1-3H3,(H,15,21). The van der Waals surface area contributed by atoms with Gasteiger partial charge in [0.05, 0.1) is 10.7 Å². The summed E-state index contributed by atoms with van der Waals surface area (Å²) in [7, 11) is 0. The lowest BCUT2D eigenvalue weighted by molar-refractivity contribution is -0.385. The number of benzene rings is 1. The number of hydrogen-bond donors (Lipinski definition) is 1. The molecule has 1 heterocycles. The van der Waals surface area contributed by atoms with Crippen molar-refractivity contribution in [2.24, 2.45) is 5.92 Å². The highest BCUT2D eigenvalue weighted by Gasteiger charge is 2.14. The third kappa shape index (κ3) is 4.75. The number of thioether (sulfide) groups is 1. The molecule has 0 spiro atoms. The van der Waals surface area contributed by atoms with Gasteiger partial charge in [-0.2, -0.15) is 0 Å². The molecule has 0 unspecified atom stereocenters. The summed E-state index contributed by atoms with van der Waals surface area (Å²) in [5.74, 6) is 0.215. The van der Waals surface area contributed by atoms with E-state index >= 15 is 0 Å². The molecule has 10 heteroatoms. The number of amides is 1. The van der Waals surface area contributed by atoms with Crippen molar-refractivity contribution in [3.8, 4) is 0 Å². The first-order chi connectivity index (χ1) is 11.4. The lowest BCUT2D eigenvalue weighted by atomic mass is 10.2. The van der Waals surface area contributed by atoms with Crippen LogP contribution in [0.25, 0.3) is 0 Å². The van der Waals surface area contributed by atoms with E-state index in [1.807, 2.05) is 13.8 Å². The van der Waals surface area contributed by atoms with Crippen molar-refractivity contribution in [3.05, 3.63) is 33.9 Å². The van der Waals surface area contributed by atoms with Crippen LogP contribution in [-0.4, -0.2) is 36.8 Å². The zero-order valence-corrected chi connectivity index (χ0v) is 14.4. The number of hydrogen-bond acceptors (Lipinski definition) is 7. The normalized spacial score (nSPS) is 10.8.